The molecule has 0 saturated carbocycles. The van der Waals surface area contributed by atoms with Crippen LogP contribution >= 0.6 is 11.3 Å². The average Bonchev–Trinajstić information content (AvgIpc) is 3.30. The molecule has 1 N–H and O–H groups in total. The van der Waals surface area contributed by atoms with Crippen LogP contribution in [-0.2, 0) is 19.4 Å². The molecule has 1 amide bonds. The molecule has 0 aliphatic heterocycles. The van der Waals surface area contributed by atoms with Gasteiger partial charge < -0.3 is 9.88 Å². The van der Waals surface area contributed by atoms with Gasteiger partial charge >= 0.3 is 0 Å². The van der Waals surface area contributed by atoms with Crippen LogP contribution in [0, 0.1) is 0 Å². The van der Waals surface area contributed by atoms with E-state index in [0.717, 1.165) is 46.8 Å². The Morgan fingerprint density at radius 2 is 2.08 bits per heavy atom. The zero-order chi connectivity index (χ0) is 18.1. The minimum absolute atomic E-state index is 0.215. The summed E-state index contributed by atoms with van der Waals surface area (Å²) in [6.45, 7) is 0.374. The average molecular weight is 365 g/mol. The maximum Gasteiger partial charge on any atom is 0.261 e. The number of aromatic amines is 1. The smallest absolute Gasteiger partial charge is 0.261 e. The number of hydrogen-bond donors (Lipinski definition) is 1. The zero-order valence-corrected chi connectivity index (χ0v) is 15.3. The van der Waals surface area contributed by atoms with Gasteiger partial charge in [-0.3, -0.25) is 9.59 Å². The lowest BCUT2D eigenvalue weighted by atomic mass is 10.1. The van der Waals surface area contributed by atoms with Gasteiger partial charge in [0.15, 0.2) is 0 Å². The first kappa shape index (κ1) is 16.7. The molecule has 5 nitrogen and oxygen atoms in total. The number of carbonyl (C=O) groups is 1. The number of rotatable bonds is 4. The van der Waals surface area contributed by atoms with Gasteiger partial charge in [-0.15, -0.1) is 11.3 Å². The number of benzene rings is 1. The summed E-state index contributed by atoms with van der Waals surface area (Å²) >= 11 is 1.55. The predicted octanol–water partition coefficient (Wildman–Crippen LogP) is 3.26. The molecule has 1 aliphatic carbocycles. The first-order chi connectivity index (χ1) is 12.6. The SMILES string of the molecule is CN(Cc1csc(-c2ccccc2)n1)C(=O)c1cc2c([nH]c1=O)CCC2. The Bertz CT molecular complexity index is 1010. The maximum atomic E-state index is 12.7. The third-order valence-corrected chi connectivity index (χ3v) is 5.58. The van der Waals surface area contributed by atoms with E-state index in [1.165, 1.54) is 0 Å². The van der Waals surface area contributed by atoms with Crippen LogP contribution in [-0.4, -0.2) is 27.8 Å². The highest BCUT2D eigenvalue weighted by molar-refractivity contribution is 7.13. The van der Waals surface area contributed by atoms with Gasteiger partial charge in [-0.1, -0.05) is 30.3 Å². The molecular weight excluding hydrogens is 346 g/mol. The molecule has 0 unspecified atom stereocenters. The molecule has 6 heteroatoms. The number of carbonyl (C=O) groups excluding carboxylic acids is 1. The van der Waals surface area contributed by atoms with E-state index in [1.54, 1.807) is 29.4 Å². The van der Waals surface area contributed by atoms with Crippen LogP contribution in [0.2, 0.25) is 0 Å². The molecule has 0 bridgehead atoms. The van der Waals surface area contributed by atoms with E-state index in [9.17, 15) is 9.59 Å². The first-order valence-electron chi connectivity index (χ1n) is 8.62. The lowest BCUT2D eigenvalue weighted by molar-refractivity contribution is 0.0781. The molecule has 2 heterocycles. The van der Waals surface area contributed by atoms with E-state index in [2.05, 4.69) is 9.97 Å². The van der Waals surface area contributed by atoms with Crippen molar-refractivity contribution in [3.8, 4) is 10.6 Å². The van der Waals surface area contributed by atoms with Gasteiger partial charge in [-0.2, -0.15) is 0 Å². The van der Waals surface area contributed by atoms with Gasteiger partial charge in [0.1, 0.15) is 10.6 Å². The van der Waals surface area contributed by atoms with Crippen molar-refractivity contribution in [3.63, 3.8) is 0 Å². The Balaban J connectivity index is 1.52. The summed E-state index contributed by atoms with van der Waals surface area (Å²) in [5.74, 6) is -0.268. The second-order valence-corrected chi connectivity index (χ2v) is 7.40. The molecule has 0 saturated heterocycles. The van der Waals surface area contributed by atoms with E-state index in [-0.39, 0.29) is 17.0 Å². The van der Waals surface area contributed by atoms with Gasteiger partial charge in [0.05, 0.1) is 12.2 Å². The molecule has 3 aromatic rings. The topological polar surface area (TPSA) is 66.1 Å². The van der Waals surface area contributed by atoms with Crippen molar-refractivity contribution in [1.82, 2.24) is 14.9 Å². The summed E-state index contributed by atoms with van der Waals surface area (Å²) in [5, 5.41) is 2.88. The number of hydrogen-bond acceptors (Lipinski definition) is 4. The van der Waals surface area contributed by atoms with Crippen LogP contribution in [0.4, 0.5) is 0 Å². The van der Waals surface area contributed by atoms with Crippen LogP contribution in [0.5, 0.6) is 0 Å². The van der Waals surface area contributed by atoms with Gasteiger partial charge in [-0.25, -0.2) is 4.98 Å². The lowest BCUT2D eigenvalue weighted by Gasteiger charge is -2.16. The molecule has 2 aromatic heterocycles. The quantitative estimate of drug-likeness (QED) is 0.772. The first-order valence-corrected chi connectivity index (χ1v) is 9.50. The summed E-state index contributed by atoms with van der Waals surface area (Å²) in [7, 11) is 1.70. The standard InChI is InChI=1S/C20H19N3O2S/c1-23(11-15-12-26-19(21-15)13-6-3-2-4-7-13)20(25)16-10-14-8-5-9-17(14)22-18(16)24/h2-4,6-7,10,12H,5,8-9,11H2,1H3,(H,22,24). The Morgan fingerprint density at radius 3 is 2.88 bits per heavy atom. The number of amides is 1. The maximum absolute atomic E-state index is 12.7. The van der Waals surface area contributed by atoms with Crippen LogP contribution in [0.1, 0.15) is 33.7 Å². The van der Waals surface area contributed by atoms with Crippen LogP contribution < -0.4 is 5.56 Å². The summed E-state index contributed by atoms with van der Waals surface area (Å²) in [5.41, 5.74) is 3.86. The summed E-state index contributed by atoms with van der Waals surface area (Å²) in [6.07, 6.45) is 2.83. The summed E-state index contributed by atoms with van der Waals surface area (Å²) < 4.78 is 0. The summed E-state index contributed by atoms with van der Waals surface area (Å²) in [6, 6.07) is 11.7. The number of aryl methyl sites for hydroxylation is 2. The third kappa shape index (κ3) is 3.20. The van der Waals surface area contributed by atoms with Gasteiger partial charge in [0.25, 0.3) is 11.5 Å². The number of thiazole rings is 1. The van der Waals surface area contributed by atoms with Crippen molar-refractivity contribution < 1.29 is 4.79 Å². The Hall–Kier alpha value is -2.73. The molecule has 0 fully saturated rings. The zero-order valence-electron chi connectivity index (χ0n) is 14.5. The van der Waals surface area contributed by atoms with Gasteiger partial charge in [0, 0.05) is 23.7 Å². The van der Waals surface area contributed by atoms with Crippen LogP contribution in [0.3, 0.4) is 0 Å². The minimum Gasteiger partial charge on any atom is -0.336 e. The summed E-state index contributed by atoms with van der Waals surface area (Å²) in [4.78, 5) is 34.0. The Labute approximate surface area is 155 Å². The molecule has 132 valence electrons. The van der Waals surface area contributed by atoms with Gasteiger partial charge in [0.2, 0.25) is 0 Å². The van der Waals surface area contributed by atoms with E-state index in [0.29, 0.717) is 6.54 Å². The molecule has 1 aromatic carbocycles. The fourth-order valence-corrected chi connectivity index (χ4v) is 4.10. The fraction of sp³-hybridized carbons (Fsp3) is 0.250. The predicted molar refractivity (Wildman–Crippen MR) is 102 cm³/mol. The molecule has 0 radical (unpaired) electrons. The van der Waals surface area contributed by atoms with E-state index in [4.69, 9.17) is 0 Å². The number of aromatic nitrogens is 2. The monoisotopic (exact) mass is 365 g/mol. The second kappa shape index (κ2) is 6.88. The number of pyridine rings is 1. The molecule has 4 rings (SSSR count). The Morgan fingerprint density at radius 1 is 1.27 bits per heavy atom. The number of fused-ring (bicyclic) bond motifs is 1. The van der Waals surface area contributed by atoms with Crippen molar-refractivity contribution in [3.05, 3.63) is 74.6 Å². The van der Waals surface area contributed by atoms with E-state index < -0.39 is 0 Å². The third-order valence-electron chi connectivity index (χ3n) is 4.64. The van der Waals surface area contributed by atoms with E-state index >= 15 is 0 Å². The van der Waals surface area contributed by atoms with E-state index in [1.807, 2.05) is 35.7 Å². The lowest BCUT2D eigenvalue weighted by Crippen LogP contribution is -2.32. The Kier molecular flexibility index (Phi) is 4.42. The molecule has 0 atom stereocenters. The van der Waals surface area contributed by atoms with Crippen molar-refractivity contribution in [2.45, 2.75) is 25.8 Å². The van der Waals surface area contributed by atoms with Crippen LogP contribution in [0.25, 0.3) is 10.6 Å². The van der Waals surface area contributed by atoms with Crippen molar-refractivity contribution in [1.29, 1.82) is 0 Å². The fourth-order valence-electron chi connectivity index (χ4n) is 3.29. The van der Waals surface area contributed by atoms with Crippen molar-refractivity contribution in [2.75, 3.05) is 7.05 Å². The minimum atomic E-state index is -0.300. The number of H-pyrrole nitrogens is 1. The molecule has 26 heavy (non-hydrogen) atoms. The highest BCUT2D eigenvalue weighted by Gasteiger charge is 2.21. The highest BCUT2D eigenvalue weighted by atomic mass is 32.1. The normalized spacial score (nSPS) is 12.8. The molecule has 0 spiro atoms. The number of nitrogens with zero attached hydrogens (tertiary/aromatic N) is 2. The highest BCUT2D eigenvalue weighted by Crippen LogP contribution is 2.24. The van der Waals surface area contributed by atoms with Gasteiger partial charge in [-0.05, 0) is 30.9 Å². The molecule has 1 aliphatic rings. The van der Waals surface area contributed by atoms with Crippen LogP contribution in [0.15, 0.2) is 46.6 Å². The largest absolute Gasteiger partial charge is 0.336 e. The number of nitrogens with one attached hydrogen (secondary N) is 1. The van der Waals surface area contributed by atoms with Crippen molar-refractivity contribution >= 4 is 17.2 Å². The second-order valence-electron chi connectivity index (χ2n) is 6.54. The molecular formula is C20H19N3O2S. The van der Waals surface area contributed by atoms with Crippen molar-refractivity contribution in [2.24, 2.45) is 0 Å².